The Balaban J connectivity index is 1.44. The molecule has 3 aliphatic heterocycles. The van der Waals surface area contributed by atoms with Crippen LogP contribution < -0.4 is 4.74 Å². The van der Waals surface area contributed by atoms with Crippen molar-refractivity contribution in [1.82, 2.24) is 19.4 Å². The quantitative estimate of drug-likeness (QED) is 0.330. The maximum atomic E-state index is 15.9. The maximum absolute atomic E-state index is 15.9. The van der Waals surface area contributed by atoms with Gasteiger partial charge < -0.3 is 23.8 Å². The fraction of sp³-hybridized carbons (Fsp3) is 0.567. The number of carbonyl (C=O) groups excluding carboxylic acids is 1. The standard InChI is InChI=1S/C30H35BrFN5O3/c1-30(2,3)40-29(38)37-15-18-14-22(37)26(18)36-12-9-20-27(36)21-13-17(7-5-10-33)23(31)24(32)25(21)34-28(20)39-16-19-8-6-11-35(19)4/h9,12-13,18-19,22,26H,5-8,11,14-16H2,1-4H3. The van der Waals surface area contributed by atoms with Crippen LogP contribution >= 0.6 is 15.9 Å². The number of halogens is 2. The van der Waals surface area contributed by atoms with E-state index in [0.717, 1.165) is 42.3 Å². The summed E-state index contributed by atoms with van der Waals surface area (Å²) in [5, 5.41) is 10.7. The molecule has 2 bridgehead atoms. The van der Waals surface area contributed by atoms with Crippen LogP contribution in [0.5, 0.6) is 5.88 Å². The predicted octanol–water partition coefficient (Wildman–Crippen LogP) is 6.20. The predicted molar refractivity (Wildman–Crippen MR) is 154 cm³/mol. The summed E-state index contributed by atoms with van der Waals surface area (Å²) in [6.45, 7) is 7.79. The second-order valence-corrected chi connectivity index (χ2v) is 13.2. The second-order valence-electron chi connectivity index (χ2n) is 12.4. The lowest BCUT2D eigenvalue weighted by atomic mass is 9.79. The third-order valence-corrected chi connectivity index (χ3v) is 9.52. The molecule has 1 amide bonds. The number of amides is 1. The van der Waals surface area contributed by atoms with E-state index in [-0.39, 0.29) is 36.0 Å². The van der Waals surface area contributed by atoms with Crippen molar-refractivity contribution in [2.24, 2.45) is 5.92 Å². The average Bonchev–Trinajstić information content (AvgIpc) is 3.67. The van der Waals surface area contributed by atoms with E-state index in [1.54, 1.807) is 0 Å². The van der Waals surface area contributed by atoms with Gasteiger partial charge in [0.25, 0.3) is 0 Å². The second kappa shape index (κ2) is 10.2. The molecular weight excluding hydrogens is 577 g/mol. The van der Waals surface area contributed by atoms with Gasteiger partial charge in [-0.3, -0.25) is 0 Å². The highest BCUT2D eigenvalue weighted by Gasteiger charge is 2.55. The van der Waals surface area contributed by atoms with Crippen molar-refractivity contribution in [3.63, 3.8) is 0 Å². The van der Waals surface area contributed by atoms with Crippen LogP contribution in [0, 0.1) is 23.1 Å². The molecule has 1 aromatic carbocycles. The number of fused-ring (bicyclic) bond motifs is 4. The van der Waals surface area contributed by atoms with Gasteiger partial charge in [0.2, 0.25) is 5.88 Å². The van der Waals surface area contributed by atoms with Gasteiger partial charge >= 0.3 is 6.09 Å². The summed E-state index contributed by atoms with van der Waals surface area (Å²) < 4.78 is 30.4. The summed E-state index contributed by atoms with van der Waals surface area (Å²) in [7, 11) is 2.10. The van der Waals surface area contributed by atoms with Crippen molar-refractivity contribution in [1.29, 1.82) is 5.26 Å². The van der Waals surface area contributed by atoms with Gasteiger partial charge in [0.05, 0.1) is 33.5 Å². The highest BCUT2D eigenvalue weighted by molar-refractivity contribution is 9.10. The number of likely N-dealkylation sites (tertiary alicyclic amines) is 1. The molecule has 8 nitrogen and oxygen atoms in total. The van der Waals surface area contributed by atoms with Crippen molar-refractivity contribution in [2.75, 3.05) is 26.7 Å². The van der Waals surface area contributed by atoms with Crippen LogP contribution in [-0.4, -0.2) is 69.9 Å². The zero-order valence-electron chi connectivity index (χ0n) is 23.4. The summed E-state index contributed by atoms with van der Waals surface area (Å²) in [4.78, 5) is 21.8. The van der Waals surface area contributed by atoms with E-state index in [2.05, 4.69) is 38.5 Å². The first-order chi connectivity index (χ1) is 19.1. The first kappa shape index (κ1) is 27.3. The summed E-state index contributed by atoms with van der Waals surface area (Å²) in [5.74, 6) is 0.258. The molecule has 0 spiro atoms. The summed E-state index contributed by atoms with van der Waals surface area (Å²) >= 11 is 3.42. The van der Waals surface area contributed by atoms with E-state index in [4.69, 9.17) is 19.7 Å². The zero-order valence-corrected chi connectivity index (χ0v) is 25.0. The Bertz CT molecular complexity index is 1530. The molecule has 7 rings (SSSR count). The minimum Gasteiger partial charge on any atom is -0.476 e. The molecule has 40 heavy (non-hydrogen) atoms. The van der Waals surface area contributed by atoms with E-state index >= 15 is 4.39 Å². The number of ether oxygens (including phenoxy) is 2. The molecular formula is C30H35BrFN5O3. The van der Waals surface area contributed by atoms with Crippen LogP contribution in [-0.2, 0) is 11.2 Å². The normalized spacial score (nSPS) is 24.5. The Labute approximate surface area is 242 Å². The molecule has 3 saturated heterocycles. The van der Waals surface area contributed by atoms with Crippen LogP contribution in [0.1, 0.15) is 58.1 Å². The van der Waals surface area contributed by atoms with Crippen LogP contribution in [0.15, 0.2) is 22.8 Å². The highest BCUT2D eigenvalue weighted by Crippen LogP contribution is 2.52. The van der Waals surface area contributed by atoms with Crippen molar-refractivity contribution in [3.05, 3.63) is 34.2 Å². The molecule has 3 aromatic rings. The molecule has 4 unspecified atom stereocenters. The lowest BCUT2D eigenvalue weighted by molar-refractivity contribution is 0.0211. The van der Waals surface area contributed by atoms with E-state index in [0.29, 0.717) is 41.4 Å². The lowest BCUT2D eigenvalue weighted by Gasteiger charge is -2.38. The summed E-state index contributed by atoms with van der Waals surface area (Å²) in [5.41, 5.74) is 1.27. The third kappa shape index (κ3) is 4.61. The van der Waals surface area contributed by atoms with E-state index in [1.165, 1.54) is 0 Å². The molecule has 1 saturated carbocycles. The minimum absolute atomic E-state index is 0.00790. The van der Waals surface area contributed by atoms with Gasteiger partial charge in [-0.25, -0.2) is 14.2 Å². The number of likely N-dealkylation sites (N-methyl/N-ethyl adjacent to an activating group) is 1. The Morgan fingerprint density at radius 3 is 2.83 bits per heavy atom. The maximum Gasteiger partial charge on any atom is 0.410 e. The number of aromatic nitrogens is 2. The number of carbonyl (C=O) groups is 1. The van der Waals surface area contributed by atoms with Crippen molar-refractivity contribution in [3.8, 4) is 11.9 Å². The molecule has 1 aliphatic carbocycles. The highest BCUT2D eigenvalue weighted by atomic mass is 79.9. The number of nitrogens with zero attached hydrogens (tertiary/aromatic N) is 5. The molecule has 212 valence electrons. The molecule has 4 aliphatic rings. The number of nitriles is 1. The Morgan fingerprint density at radius 1 is 1.32 bits per heavy atom. The molecule has 2 aromatic heterocycles. The van der Waals surface area contributed by atoms with Gasteiger partial charge in [-0.05, 0) is 93.7 Å². The van der Waals surface area contributed by atoms with Crippen LogP contribution in [0.2, 0.25) is 0 Å². The van der Waals surface area contributed by atoms with Gasteiger partial charge in [-0.1, -0.05) is 0 Å². The molecule has 10 heteroatoms. The lowest BCUT2D eigenvalue weighted by Crippen LogP contribution is -2.44. The third-order valence-electron chi connectivity index (χ3n) is 8.66. The van der Waals surface area contributed by atoms with Crippen molar-refractivity contribution in [2.45, 2.75) is 76.6 Å². The average molecular weight is 613 g/mol. The van der Waals surface area contributed by atoms with E-state index < -0.39 is 11.4 Å². The first-order valence-electron chi connectivity index (χ1n) is 14.1. The van der Waals surface area contributed by atoms with Crippen LogP contribution in [0.4, 0.5) is 9.18 Å². The van der Waals surface area contributed by atoms with Crippen molar-refractivity contribution >= 4 is 43.8 Å². The van der Waals surface area contributed by atoms with Crippen LogP contribution in [0.25, 0.3) is 21.8 Å². The number of benzene rings is 1. The fourth-order valence-electron chi connectivity index (χ4n) is 6.65. The van der Waals surface area contributed by atoms with Gasteiger partial charge in [0.1, 0.15) is 17.7 Å². The molecule has 5 heterocycles. The van der Waals surface area contributed by atoms with Gasteiger partial charge in [0.15, 0.2) is 5.82 Å². The Morgan fingerprint density at radius 2 is 2.12 bits per heavy atom. The topological polar surface area (TPSA) is 83.6 Å². The SMILES string of the molecule is CN1CCCC1COc1nc2c(F)c(Br)c(CCC#N)cc2c2c1ccn2C1C2CC1N(C(=O)OC(C)(C)C)C2. The number of aryl methyl sites for hydroxylation is 1. The molecule has 0 radical (unpaired) electrons. The number of hydrogen-bond acceptors (Lipinski definition) is 6. The fourth-order valence-corrected chi connectivity index (χ4v) is 7.15. The van der Waals surface area contributed by atoms with Gasteiger partial charge in [-0.15, -0.1) is 0 Å². The molecule has 4 fully saturated rings. The number of pyridine rings is 1. The smallest absolute Gasteiger partial charge is 0.410 e. The van der Waals surface area contributed by atoms with E-state index in [1.807, 2.05) is 44.0 Å². The number of rotatable bonds is 6. The molecule has 0 N–H and O–H groups in total. The Hall–Kier alpha value is -2.90. The summed E-state index contributed by atoms with van der Waals surface area (Å²) in [6, 6.07) is 6.47. The zero-order chi connectivity index (χ0) is 28.3. The summed E-state index contributed by atoms with van der Waals surface area (Å²) in [6.07, 6.45) is 5.56. The minimum atomic E-state index is -0.564. The van der Waals surface area contributed by atoms with Crippen molar-refractivity contribution < 1.29 is 18.7 Å². The largest absolute Gasteiger partial charge is 0.476 e. The first-order valence-corrected chi connectivity index (χ1v) is 14.9. The molecule has 4 atom stereocenters. The number of hydrogen-bond donors (Lipinski definition) is 0. The monoisotopic (exact) mass is 611 g/mol. The Kier molecular flexibility index (Phi) is 6.94. The van der Waals surface area contributed by atoms with Crippen LogP contribution in [0.3, 0.4) is 0 Å². The van der Waals surface area contributed by atoms with E-state index in [9.17, 15) is 4.79 Å². The van der Waals surface area contributed by atoms with Gasteiger partial charge in [-0.2, -0.15) is 5.26 Å². The van der Waals surface area contributed by atoms with Gasteiger partial charge in [0, 0.05) is 36.5 Å².